The molecule has 3 aliphatic rings. The molecule has 0 aromatic heterocycles. The quantitative estimate of drug-likeness (QED) is 0.795. The van der Waals surface area contributed by atoms with E-state index in [1.165, 1.54) is 13.0 Å². The second kappa shape index (κ2) is 4.46. The van der Waals surface area contributed by atoms with Crippen LogP contribution in [0, 0.1) is 5.92 Å². The Labute approximate surface area is 121 Å². The van der Waals surface area contributed by atoms with E-state index in [9.17, 15) is 0 Å². The Hall–Kier alpha value is -1.60. The third kappa shape index (κ3) is 1.66. The number of rotatable bonds is 2. The largest absolute Gasteiger partial charge is 0.309 e. The van der Waals surface area contributed by atoms with Crippen molar-refractivity contribution in [1.29, 1.82) is 0 Å². The van der Waals surface area contributed by atoms with Crippen molar-refractivity contribution in [3.8, 4) is 0 Å². The van der Waals surface area contributed by atoms with Crippen molar-refractivity contribution < 1.29 is 0 Å². The summed E-state index contributed by atoms with van der Waals surface area (Å²) in [6.07, 6.45) is 1.30. The normalized spacial score (nSPS) is 26.4. The molecule has 2 bridgehead atoms. The van der Waals surface area contributed by atoms with Crippen LogP contribution in [0.5, 0.6) is 0 Å². The van der Waals surface area contributed by atoms with Gasteiger partial charge in [-0.3, -0.25) is 0 Å². The van der Waals surface area contributed by atoms with Crippen LogP contribution in [-0.4, -0.2) is 25.5 Å². The number of fused-ring (bicyclic) bond motifs is 1. The average Bonchev–Trinajstić information content (AvgIpc) is 2.47. The highest BCUT2D eigenvalue weighted by atomic mass is 15.1. The Morgan fingerprint density at radius 1 is 0.850 bits per heavy atom. The van der Waals surface area contributed by atoms with Gasteiger partial charge in [-0.1, -0.05) is 48.5 Å². The number of nitrogens with zero attached hydrogens (tertiary/aromatic N) is 1. The van der Waals surface area contributed by atoms with Crippen LogP contribution in [0.3, 0.4) is 0 Å². The van der Waals surface area contributed by atoms with Crippen molar-refractivity contribution in [2.45, 2.75) is 18.3 Å². The lowest BCUT2D eigenvalue weighted by molar-refractivity contribution is 0.259. The topological polar surface area (TPSA) is 3.24 Å². The molecule has 1 nitrogen and oxygen atoms in total. The molecule has 0 saturated heterocycles. The molecule has 0 heterocycles. The van der Waals surface area contributed by atoms with Gasteiger partial charge in [-0.05, 0) is 48.7 Å². The van der Waals surface area contributed by atoms with Gasteiger partial charge in [-0.15, -0.1) is 0 Å². The Morgan fingerprint density at radius 3 is 1.85 bits per heavy atom. The fourth-order valence-electron chi connectivity index (χ4n) is 4.41. The predicted octanol–water partition coefficient (Wildman–Crippen LogP) is 3.85. The van der Waals surface area contributed by atoms with Crippen LogP contribution >= 0.6 is 0 Å². The molecule has 20 heavy (non-hydrogen) atoms. The van der Waals surface area contributed by atoms with E-state index in [1.54, 1.807) is 22.3 Å². The average molecular weight is 263 g/mol. The lowest BCUT2D eigenvalue weighted by atomic mass is 9.59. The van der Waals surface area contributed by atoms with E-state index in [1.807, 2.05) is 0 Å². The first kappa shape index (κ1) is 12.2. The van der Waals surface area contributed by atoms with Crippen molar-refractivity contribution in [1.82, 2.24) is 4.90 Å². The zero-order valence-corrected chi connectivity index (χ0v) is 12.2. The summed E-state index contributed by atoms with van der Waals surface area (Å²) in [6, 6.07) is 18.2. The second-order valence-electron chi connectivity index (χ2n) is 6.55. The minimum atomic E-state index is 0.592. The molecule has 0 N–H and O–H groups in total. The fourth-order valence-corrected chi connectivity index (χ4v) is 4.41. The third-order valence-corrected chi connectivity index (χ3v) is 5.02. The van der Waals surface area contributed by atoms with Crippen molar-refractivity contribution in [3.05, 3.63) is 70.8 Å². The van der Waals surface area contributed by atoms with E-state index < -0.39 is 0 Å². The molecule has 1 atom stereocenters. The van der Waals surface area contributed by atoms with Crippen LogP contribution in [0.25, 0.3) is 0 Å². The number of benzene rings is 2. The summed E-state index contributed by atoms with van der Waals surface area (Å²) in [6.45, 7) is 1.18. The summed E-state index contributed by atoms with van der Waals surface area (Å²) in [7, 11) is 4.39. The highest BCUT2D eigenvalue weighted by Gasteiger charge is 2.42. The fraction of sp³-hybridized carbons (Fsp3) is 0.368. The molecule has 5 rings (SSSR count). The van der Waals surface area contributed by atoms with Crippen LogP contribution in [0.1, 0.15) is 40.5 Å². The Balaban J connectivity index is 1.89. The van der Waals surface area contributed by atoms with Crippen LogP contribution in [0.15, 0.2) is 48.5 Å². The predicted molar refractivity (Wildman–Crippen MR) is 83.2 cm³/mol. The third-order valence-electron chi connectivity index (χ3n) is 5.02. The molecule has 0 unspecified atom stereocenters. The van der Waals surface area contributed by atoms with Crippen molar-refractivity contribution in [2.75, 3.05) is 20.6 Å². The first-order valence-electron chi connectivity index (χ1n) is 7.58. The maximum absolute atomic E-state index is 2.35. The van der Waals surface area contributed by atoms with Gasteiger partial charge in [0.05, 0.1) is 0 Å². The summed E-state index contributed by atoms with van der Waals surface area (Å²) < 4.78 is 0. The zero-order valence-electron chi connectivity index (χ0n) is 12.2. The number of hydrogen-bond donors (Lipinski definition) is 0. The van der Waals surface area contributed by atoms with E-state index in [0.29, 0.717) is 11.8 Å². The molecule has 0 saturated carbocycles. The van der Waals surface area contributed by atoms with Crippen molar-refractivity contribution >= 4 is 0 Å². The molecule has 0 radical (unpaired) electrons. The van der Waals surface area contributed by atoms with Crippen LogP contribution < -0.4 is 0 Å². The van der Waals surface area contributed by atoms with E-state index in [0.717, 1.165) is 5.92 Å². The molecule has 102 valence electrons. The van der Waals surface area contributed by atoms with Crippen LogP contribution in [0.4, 0.5) is 0 Å². The van der Waals surface area contributed by atoms with Gasteiger partial charge in [0.1, 0.15) is 0 Å². The second-order valence-corrected chi connectivity index (χ2v) is 6.55. The van der Waals surface area contributed by atoms with Gasteiger partial charge in [0, 0.05) is 18.4 Å². The van der Waals surface area contributed by atoms with Gasteiger partial charge in [0.2, 0.25) is 0 Å². The van der Waals surface area contributed by atoms with E-state index in [2.05, 4.69) is 67.5 Å². The Kier molecular flexibility index (Phi) is 2.71. The summed E-state index contributed by atoms with van der Waals surface area (Å²) in [5.74, 6) is 1.95. The van der Waals surface area contributed by atoms with Crippen molar-refractivity contribution in [2.24, 2.45) is 5.92 Å². The Bertz CT molecular complexity index is 596. The zero-order chi connectivity index (χ0) is 13.7. The lowest BCUT2D eigenvalue weighted by Crippen LogP contribution is -2.37. The molecule has 2 aromatic rings. The smallest absolute Gasteiger partial charge is 0.0136 e. The highest BCUT2D eigenvalue weighted by Crippen LogP contribution is 2.55. The molecular formula is C19H21N. The minimum Gasteiger partial charge on any atom is -0.309 e. The van der Waals surface area contributed by atoms with Gasteiger partial charge >= 0.3 is 0 Å². The summed E-state index contributed by atoms with van der Waals surface area (Å²) >= 11 is 0. The van der Waals surface area contributed by atoms with E-state index in [-0.39, 0.29) is 0 Å². The molecule has 3 aliphatic carbocycles. The van der Waals surface area contributed by atoms with Gasteiger partial charge in [0.25, 0.3) is 0 Å². The molecular weight excluding hydrogens is 242 g/mol. The first-order valence-corrected chi connectivity index (χ1v) is 7.58. The number of hydrogen-bond acceptors (Lipinski definition) is 1. The van der Waals surface area contributed by atoms with E-state index >= 15 is 0 Å². The first-order chi connectivity index (χ1) is 9.75. The summed E-state index contributed by atoms with van der Waals surface area (Å²) in [4.78, 5) is 2.34. The minimum absolute atomic E-state index is 0.592. The van der Waals surface area contributed by atoms with Crippen LogP contribution in [-0.2, 0) is 0 Å². The molecule has 0 aliphatic heterocycles. The molecule has 1 heteroatoms. The molecule has 0 fully saturated rings. The Morgan fingerprint density at radius 2 is 1.35 bits per heavy atom. The lowest BCUT2D eigenvalue weighted by Gasteiger charge is -2.46. The highest BCUT2D eigenvalue weighted by molar-refractivity contribution is 5.55. The van der Waals surface area contributed by atoms with Crippen molar-refractivity contribution in [3.63, 3.8) is 0 Å². The van der Waals surface area contributed by atoms with Gasteiger partial charge in [-0.2, -0.15) is 0 Å². The SMILES string of the molecule is CN(C)C[C@H]1CC2c3ccccc3C1c1ccccc12. The molecule has 0 amide bonds. The van der Waals surface area contributed by atoms with Gasteiger partial charge < -0.3 is 4.90 Å². The van der Waals surface area contributed by atoms with E-state index in [4.69, 9.17) is 0 Å². The monoisotopic (exact) mass is 263 g/mol. The standard InChI is InChI=1S/C19H21N/c1-20(2)12-13-11-18-14-7-3-5-9-16(14)19(13)17-10-6-4-8-15(17)18/h3-10,13,18-19H,11-12H2,1-2H3/t13-,18?,19?/m1/s1. The van der Waals surface area contributed by atoms with Crippen LogP contribution in [0.2, 0.25) is 0 Å². The maximum Gasteiger partial charge on any atom is 0.0136 e. The maximum atomic E-state index is 2.35. The molecule has 0 spiro atoms. The summed E-state index contributed by atoms with van der Waals surface area (Å²) in [5.41, 5.74) is 6.31. The molecule has 2 aromatic carbocycles. The summed E-state index contributed by atoms with van der Waals surface area (Å²) in [5, 5.41) is 0. The van der Waals surface area contributed by atoms with Gasteiger partial charge in [0.15, 0.2) is 0 Å². The van der Waals surface area contributed by atoms with Gasteiger partial charge in [-0.25, -0.2) is 0 Å².